The summed E-state index contributed by atoms with van der Waals surface area (Å²) >= 11 is 0. The van der Waals surface area contributed by atoms with Crippen molar-refractivity contribution in [3.8, 4) is 11.5 Å². The van der Waals surface area contributed by atoms with Crippen LogP contribution in [0.25, 0.3) is 0 Å². The van der Waals surface area contributed by atoms with Crippen LogP contribution in [0.5, 0.6) is 11.5 Å². The molecule has 2 heterocycles. The number of piperidine rings is 1. The zero-order valence-electron chi connectivity index (χ0n) is 17.0. The van der Waals surface area contributed by atoms with Crippen molar-refractivity contribution in [1.82, 2.24) is 15.6 Å². The summed E-state index contributed by atoms with van der Waals surface area (Å²) in [6, 6.07) is 11.6. The van der Waals surface area contributed by atoms with E-state index in [1.54, 1.807) is 19.2 Å². The largest absolute Gasteiger partial charge is 0.508 e. The molecule has 1 fully saturated rings. The Balaban J connectivity index is 0.00000300. The second kappa shape index (κ2) is 11.7. The predicted molar refractivity (Wildman–Crippen MR) is 127 cm³/mol. The number of benzene rings is 1. The number of guanidine groups is 1. The third-order valence-corrected chi connectivity index (χ3v) is 4.85. The number of anilines is 1. The molecule has 3 rings (SSSR count). The topological polar surface area (TPSA) is 82.0 Å². The van der Waals surface area contributed by atoms with Crippen LogP contribution in [0.3, 0.4) is 0 Å². The molecule has 0 bridgehead atoms. The Morgan fingerprint density at radius 3 is 2.72 bits per heavy atom. The standard InChI is InChI=1S/C21H29N5O2.HI/c1-3-22-21(24-15-16-14-18(28-2)7-8-19(16)27)25-17-9-12-26(13-10-17)20-6-4-5-11-23-20;/h4-8,11,14,17,27H,3,9-10,12-13,15H2,1-2H3,(H2,22,24,25);1H. The zero-order valence-corrected chi connectivity index (χ0v) is 19.3. The molecule has 0 amide bonds. The van der Waals surface area contributed by atoms with Crippen LogP contribution in [-0.2, 0) is 6.54 Å². The van der Waals surface area contributed by atoms with Gasteiger partial charge in [0.05, 0.1) is 13.7 Å². The molecule has 0 saturated carbocycles. The van der Waals surface area contributed by atoms with Gasteiger partial charge in [-0.3, -0.25) is 0 Å². The van der Waals surface area contributed by atoms with Crippen LogP contribution in [0.1, 0.15) is 25.3 Å². The summed E-state index contributed by atoms with van der Waals surface area (Å²) in [6.45, 7) is 5.13. The molecule has 1 aliphatic rings. The Labute approximate surface area is 189 Å². The van der Waals surface area contributed by atoms with Crippen molar-refractivity contribution in [2.75, 3.05) is 31.6 Å². The van der Waals surface area contributed by atoms with Gasteiger partial charge in [0.1, 0.15) is 17.3 Å². The summed E-state index contributed by atoms with van der Waals surface area (Å²) in [6.07, 6.45) is 3.88. The fourth-order valence-electron chi connectivity index (χ4n) is 3.29. The van der Waals surface area contributed by atoms with Crippen molar-refractivity contribution in [3.05, 3.63) is 48.2 Å². The monoisotopic (exact) mass is 511 g/mol. The highest BCUT2D eigenvalue weighted by atomic mass is 127. The molecule has 1 aromatic heterocycles. The number of halogens is 1. The van der Waals surface area contributed by atoms with Crippen molar-refractivity contribution < 1.29 is 9.84 Å². The van der Waals surface area contributed by atoms with Gasteiger partial charge in [0.15, 0.2) is 5.96 Å². The normalized spacial score (nSPS) is 14.8. The Hall–Kier alpha value is -2.23. The molecule has 0 spiro atoms. The molecule has 8 heteroatoms. The summed E-state index contributed by atoms with van der Waals surface area (Å²) in [4.78, 5) is 11.4. The molecule has 1 saturated heterocycles. The van der Waals surface area contributed by atoms with Gasteiger partial charge >= 0.3 is 0 Å². The number of ether oxygens (including phenoxy) is 1. The van der Waals surface area contributed by atoms with Crippen LogP contribution < -0.4 is 20.3 Å². The molecule has 158 valence electrons. The average Bonchev–Trinajstić information content (AvgIpc) is 2.74. The zero-order chi connectivity index (χ0) is 19.8. The highest BCUT2D eigenvalue weighted by molar-refractivity contribution is 14.0. The van der Waals surface area contributed by atoms with E-state index < -0.39 is 0 Å². The lowest BCUT2D eigenvalue weighted by atomic mass is 10.1. The lowest BCUT2D eigenvalue weighted by Gasteiger charge is -2.33. The Bertz CT molecular complexity index is 780. The van der Waals surface area contributed by atoms with Gasteiger partial charge in [-0.2, -0.15) is 0 Å². The van der Waals surface area contributed by atoms with Crippen molar-refractivity contribution in [2.45, 2.75) is 32.4 Å². The number of hydrogen-bond acceptors (Lipinski definition) is 5. The van der Waals surface area contributed by atoms with Gasteiger partial charge in [-0.1, -0.05) is 6.07 Å². The molecule has 3 N–H and O–H groups in total. The van der Waals surface area contributed by atoms with Crippen molar-refractivity contribution in [3.63, 3.8) is 0 Å². The Kier molecular flexibility index (Phi) is 9.30. The van der Waals surface area contributed by atoms with Gasteiger partial charge in [-0.15, -0.1) is 24.0 Å². The lowest BCUT2D eigenvalue weighted by Crippen LogP contribution is -2.48. The van der Waals surface area contributed by atoms with Gasteiger partial charge < -0.3 is 25.4 Å². The number of nitrogens with zero attached hydrogens (tertiary/aromatic N) is 3. The van der Waals surface area contributed by atoms with Crippen LogP contribution >= 0.6 is 24.0 Å². The summed E-state index contributed by atoms with van der Waals surface area (Å²) in [5.41, 5.74) is 0.738. The van der Waals surface area contributed by atoms with Crippen molar-refractivity contribution in [2.24, 2.45) is 4.99 Å². The first-order chi connectivity index (χ1) is 13.7. The number of aromatic hydroxyl groups is 1. The Morgan fingerprint density at radius 2 is 2.07 bits per heavy atom. The van der Waals surface area contributed by atoms with Gasteiger partial charge in [0.2, 0.25) is 0 Å². The highest BCUT2D eigenvalue weighted by Crippen LogP contribution is 2.23. The van der Waals surface area contributed by atoms with Crippen LogP contribution in [0.15, 0.2) is 47.6 Å². The van der Waals surface area contributed by atoms with Crippen molar-refractivity contribution in [1.29, 1.82) is 0 Å². The number of rotatable bonds is 6. The first kappa shape index (κ1) is 23.1. The number of hydrogen-bond donors (Lipinski definition) is 3. The second-order valence-corrected chi connectivity index (χ2v) is 6.78. The molecule has 29 heavy (non-hydrogen) atoms. The summed E-state index contributed by atoms with van der Waals surface area (Å²) < 4.78 is 5.23. The van der Waals surface area contributed by atoms with Crippen molar-refractivity contribution >= 4 is 35.8 Å². The average molecular weight is 511 g/mol. The molecule has 0 unspecified atom stereocenters. The molecule has 0 aliphatic carbocycles. The number of aliphatic imine (C=N–C) groups is 1. The Morgan fingerprint density at radius 1 is 1.28 bits per heavy atom. The second-order valence-electron chi connectivity index (χ2n) is 6.78. The van der Waals surface area contributed by atoms with E-state index in [0.29, 0.717) is 18.3 Å². The third kappa shape index (κ3) is 6.66. The first-order valence-corrected chi connectivity index (χ1v) is 9.76. The maximum absolute atomic E-state index is 10.1. The molecule has 0 radical (unpaired) electrons. The van der Waals surface area contributed by atoms with Crippen LogP contribution in [-0.4, -0.2) is 48.8 Å². The van der Waals surface area contributed by atoms with Gasteiger partial charge in [-0.25, -0.2) is 9.98 Å². The van der Waals surface area contributed by atoms with Crippen LogP contribution in [0.4, 0.5) is 5.82 Å². The van der Waals surface area contributed by atoms with E-state index in [1.807, 2.05) is 31.3 Å². The van der Waals surface area contributed by atoms with E-state index in [2.05, 4.69) is 31.6 Å². The number of methoxy groups -OCH3 is 1. The van der Waals surface area contributed by atoms with Crippen LogP contribution in [0.2, 0.25) is 0 Å². The summed E-state index contributed by atoms with van der Waals surface area (Å²) in [5, 5.41) is 16.9. The van der Waals surface area contributed by atoms with E-state index in [0.717, 1.165) is 49.8 Å². The molecular weight excluding hydrogens is 481 g/mol. The summed E-state index contributed by atoms with van der Waals surface area (Å²) in [7, 11) is 1.61. The van der Waals surface area contributed by atoms with E-state index in [-0.39, 0.29) is 29.7 Å². The van der Waals surface area contributed by atoms with E-state index >= 15 is 0 Å². The van der Waals surface area contributed by atoms with E-state index in [1.165, 1.54) is 0 Å². The maximum atomic E-state index is 10.1. The number of nitrogens with one attached hydrogen (secondary N) is 2. The molecule has 1 aromatic carbocycles. The van der Waals surface area contributed by atoms with Gasteiger partial charge in [-0.05, 0) is 50.1 Å². The number of pyridine rings is 1. The number of aromatic nitrogens is 1. The maximum Gasteiger partial charge on any atom is 0.191 e. The van der Waals surface area contributed by atoms with Crippen LogP contribution in [0, 0.1) is 0 Å². The van der Waals surface area contributed by atoms with Gasteiger partial charge in [0.25, 0.3) is 0 Å². The molecule has 0 atom stereocenters. The molecule has 1 aliphatic heterocycles. The minimum atomic E-state index is 0. The first-order valence-electron chi connectivity index (χ1n) is 9.76. The molecule has 2 aromatic rings. The number of phenolic OH excluding ortho intramolecular Hbond substituents is 1. The molecular formula is C21H30IN5O2. The van der Waals surface area contributed by atoms with Gasteiger partial charge in [0, 0.05) is 37.4 Å². The minimum Gasteiger partial charge on any atom is -0.508 e. The SMILES string of the molecule is CCNC(=NCc1cc(OC)ccc1O)NC1CCN(c2ccccn2)CC1.I. The minimum absolute atomic E-state index is 0. The molecule has 7 nitrogen and oxygen atoms in total. The smallest absolute Gasteiger partial charge is 0.191 e. The third-order valence-electron chi connectivity index (χ3n) is 4.85. The predicted octanol–water partition coefficient (Wildman–Crippen LogP) is 3.14. The fourth-order valence-corrected chi connectivity index (χ4v) is 3.29. The highest BCUT2D eigenvalue weighted by Gasteiger charge is 2.20. The summed E-state index contributed by atoms with van der Waals surface area (Å²) in [5.74, 6) is 2.74. The van der Waals surface area contributed by atoms with E-state index in [4.69, 9.17) is 4.74 Å². The number of phenols is 1. The van der Waals surface area contributed by atoms with E-state index in [9.17, 15) is 5.11 Å². The fraction of sp³-hybridized carbons (Fsp3) is 0.429. The quantitative estimate of drug-likeness (QED) is 0.314. The lowest BCUT2D eigenvalue weighted by molar-refractivity contribution is 0.410.